The highest BCUT2D eigenvalue weighted by molar-refractivity contribution is 5.17. The quantitative estimate of drug-likeness (QED) is 0.866. The fourth-order valence-corrected chi connectivity index (χ4v) is 1.71. The van der Waals surface area contributed by atoms with Gasteiger partial charge in [-0.25, -0.2) is 0 Å². The third kappa shape index (κ3) is 3.14. The number of nitrogens with one attached hydrogen (secondary N) is 1. The van der Waals surface area contributed by atoms with E-state index in [4.69, 9.17) is 9.15 Å². The van der Waals surface area contributed by atoms with Crippen LogP contribution in [0.5, 0.6) is 11.8 Å². The smallest absolute Gasteiger partial charge is 0.399 e. The summed E-state index contributed by atoms with van der Waals surface area (Å²) in [7, 11) is 0. The van der Waals surface area contributed by atoms with Gasteiger partial charge in [-0.05, 0) is 26.7 Å². The van der Waals surface area contributed by atoms with Crippen molar-refractivity contribution in [1.29, 1.82) is 0 Å². The van der Waals surface area contributed by atoms with Crippen molar-refractivity contribution in [2.24, 2.45) is 0 Å². The number of rotatable bonds is 6. The lowest BCUT2D eigenvalue weighted by molar-refractivity contribution is 0.330. The van der Waals surface area contributed by atoms with Crippen molar-refractivity contribution in [2.75, 3.05) is 0 Å². The molecule has 6 nitrogen and oxygen atoms in total. The molecule has 1 aliphatic rings. The molecule has 1 aliphatic carbocycles. The molecule has 3 rings (SSSR count). The van der Waals surface area contributed by atoms with E-state index < -0.39 is 0 Å². The van der Waals surface area contributed by atoms with Gasteiger partial charge in [-0.2, -0.15) is 10.1 Å². The minimum atomic E-state index is 0.260. The second-order valence-corrected chi connectivity index (χ2v) is 5.11. The highest BCUT2D eigenvalue weighted by Crippen LogP contribution is 2.22. The lowest BCUT2D eigenvalue weighted by Crippen LogP contribution is -2.15. The van der Waals surface area contributed by atoms with Gasteiger partial charge in [-0.3, -0.25) is 4.68 Å². The predicted octanol–water partition coefficient (Wildman–Crippen LogP) is 2.50. The fourth-order valence-electron chi connectivity index (χ4n) is 1.71. The van der Waals surface area contributed by atoms with E-state index in [-0.39, 0.29) is 6.08 Å². The Kier molecular flexibility index (Phi) is 3.25. The Balaban J connectivity index is 1.58. The Morgan fingerprint density at radius 1 is 1.53 bits per heavy atom. The standard InChI is InChI=1S/C13H18N4O2/c1-9(2)17-7-12(6-15-17)19-13-16-11(8-18-13)5-14-10-3-4-10/h6-10,14H,3-5H2,1-2H3. The van der Waals surface area contributed by atoms with E-state index in [2.05, 4.69) is 29.2 Å². The zero-order valence-corrected chi connectivity index (χ0v) is 11.2. The first-order chi connectivity index (χ1) is 9.20. The summed E-state index contributed by atoms with van der Waals surface area (Å²) in [5.41, 5.74) is 0.859. The Morgan fingerprint density at radius 2 is 2.37 bits per heavy atom. The second kappa shape index (κ2) is 5.05. The van der Waals surface area contributed by atoms with E-state index >= 15 is 0 Å². The number of oxazole rings is 1. The first-order valence-electron chi connectivity index (χ1n) is 6.60. The van der Waals surface area contributed by atoms with Crippen molar-refractivity contribution < 1.29 is 9.15 Å². The molecule has 2 aromatic heterocycles. The van der Waals surface area contributed by atoms with Crippen LogP contribution in [0.4, 0.5) is 0 Å². The summed E-state index contributed by atoms with van der Waals surface area (Å²) in [5, 5.41) is 7.57. The normalized spacial score (nSPS) is 15.1. The largest absolute Gasteiger partial charge is 0.417 e. The molecule has 1 N–H and O–H groups in total. The molecule has 2 heterocycles. The monoisotopic (exact) mass is 262 g/mol. The average molecular weight is 262 g/mol. The van der Waals surface area contributed by atoms with E-state index in [0.717, 1.165) is 12.2 Å². The van der Waals surface area contributed by atoms with Crippen LogP contribution in [0, 0.1) is 0 Å². The molecule has 0 bridgehead atoms. The van der Waals surface area contributed by atoms with Crippen LogP contribution in [-0.4, -0.2) is 20.8 Å². The Labute approximate surface area is 111 Å². The summed E-state index contributed by atoms with van der Waals surface area (Å²) in [4.78, 5) is 4.27. The molecule has 0 atom stereocenters. The molecule has 102 valence electrons. The molecule has 0 spiro atoms. The maximum atomic E-state index is 5.52. The van der Waals surface area contributed by atoms with Gasteiger partial charge in [-0.15, -0.1) is 0 Å². The van der Waals surface area contributed by atoms with Crippen molar-refractivity contribution in [3.05, 3.63) is 24.4 Å². The topological polar surface area (TPSA) is 65.1 Å². The van der Waals surface area contributed by atoms with Crippen LogP contribution in [-0.2, 0) is 6.54 Å². The minimum Gasteiger partial charge on any atom is -0.417 e. The van der Waals surface area contributed by atoms with Crippen LogP contribution in [0.1, 0.15) is 38.4 Å². The number of aromatic nitrogens is 3. The Bertz CT molecular complexity index is 542. The SMILES string of the molecule is CC(C)n1cc(Oc2nc(CNC3CC3)co2)cn1. The van der Waals surface area contributed by atoms with Gasteiger partial charge < -0.3 is 14.5 Å². The first kappa shape index (κ1) is 12.2. The zero-order chi connectivity index (χ0) is 13.2. The molecule has 19 heavy (non-hydrogen) atoms. The van der Waals surface area contributed by atoms with Crippen LogP contribution in [0.2, 0.25) is 0 Å². The van der Waals surface area contributed by atoms with E-state index in [0.29, 0.717) is 17.8 Å². The summed E-state index contributed by atoms with van der Waals surface area (Å²) in [6.07, 6.45) is 7.89. The van der Waals surface area contributed by atoms with Gasteiger partial charge in [0.25, 0.3) is 0 Å². The number of hydrogen-bond acceptors (Lipinski definition) is 5. The molecule has 1 saturated carbocycles. The molecule has 6 heteroatoms. The number of nitrogens with zero attached hydrogens (tertiary/aromatic N) is 3. The van der Waals surface area contributed by atoms with Gasteiger partial charge in [0.1, 0.15) is 6.26 Å². The molecule has 0 aliphatic heterocycles. The molecule has 0 saturated heterocycles. The zero-order valence-electron chi connectivity index (χ0n) is 11.2. The van der Waals surface area contributed by atoms with Crippen LogP contribution >= 0.6 is 0 Å². The Morgan fingerprint density at radius 3 is 3.05 bits per heavy atom. The molecule has 0 amide bonds. The highest BCUT2D eigenvalue weighted by Gasteiger charge is 2.20. The summed E-state index contributed by atoms with van der Waals surface area (Å²) in [6, 6.07) is 0.963. The van der Waals surface area contributed by atoms with Gasteiger partial charge in [0, 0.05) is 18.6 Å². The highest BCUT2D eigenvalue weighted by atomic mass is 16.6. The second-order valence-electron chi connectivity index (χ2n) is 5.11. The van der Waals surface area contributed by atoms with Gasteiger partial charge in [0.15, 0.2) is 5.75 Å². The number of ether oxygens (including phenoxy) is 1. The molecule has 0 aromatic carbocycles. The lowest BCUT2D eigenvalue weighted by Gasteiger charge is -2.02. The van der Waals surface area contributed by atoms with Gasteiger partial charge in [0.2, 0.25) is 0 Å². The van der Waals surface area contributed by atoms with Gasteiger partial charge in [0.05, 0.1) is 18.1 Å². The van der Waals surface area contributed by atoms with Crippen molar-refractivity contribution in [3.8, 4) is 11.8 Å². The lowest BCUT2D eigenvalue weighted by atomic mass is 10.4. The summed E-state index contributed by atoms with van der Waals surface area (Å²) < 4.78 is 12.6. The van der Waals surface area contributed by atoms with E-state index in [1.54, 1.807) is 12.5 Å². The van der Waals surface area contributed by atoms with Crippen molar-refractivity contribution in [1.82, 2.24) is 20.1 Å². The molecule has 0 unspecified atom stereocenters. The van der Waals surface area contributed by atoms with Crippen molar-refractivity contribution in [3.63, 3.8) is 0 Å². The molecular formula is C13H18N4O2. The maximum absolute atomic E-state index is 5.52. The predicted molar refractivity (Wildman–Crippen MR) is 69.1 cm³/mol. The van der Waals surface area contributed by atoms with Crippen molar-refractivity contribution >= 4 is 0 Å². The summed E-state index contributed by atoms with van der Waals surface area (Å²) in [5.74, 6) is 0.636. The Hall–Kier alpha value is -1.82. The summed E-state index contributed by atoms with van der Waals surface area (Å²) in [6.45, 7) is 4.84. The van der Waals surface area contributed by atoms with E-state index in [1.807, 2.05) is 10.9 Å². The third-order valence-electron chi connectivity index (χ3n) is 2.99. The third-order valence-corrected chi connectivity index (χ3v) is 2.99. The summed E-state index contributed by atoms with van der Waals surface area (Å²) >= 11 is 0. The van der Waals surface area contributed by atoms with Gasteiger partial charge in [-0.1, -0.05) is 0 Å². The molecular weight excluding hydrogens is 244 g/mol. The fraction of sp³-hybridized carbons (Fsp3) is 0.538. The molecule has 2 aromatic rings. The van der Waals surface area contributed by atoms with Crippen LogP contribution < -0.4 is 10.1 Å². The first-order valence-corrected chi connectivity index (χ1v) is 6.60. The minimum absolute atomic E-state index is 0.260. The maximum Gasteiger partial charge on any atom is 0.399 e. The van der Waals surface area contributed by atoms with E-state index in [1.165, 1.54) is 12.8 Å². The van der Waals surface area contributed by atoms with Crippen LogP contribution in [0.3, 0.4) is 0 Å². The number of hydrogen-bond donors (Lipinski definition) is 1. The van der Waals surface area contributed by atoms with Crippen LogP contribution in [0.25, 0.3) is 0 Å². The van der Waals surface area contributed by atoms with Crippen molar-refractivity contribution in [2.45, 2.75) is 45.3 Å². The van der Waals surface area contributed by atoms with E-state index in [9.17, 15) is 0 Å². The molecule has 1 fully saturated rings. The average Bonchev–Trinajstić information content (AvgIpc) is 2.91. The van der Waals surface area contributed by atoms with Crippen LogP contribution in [0.15, 0.2) is 23.1 Å². The van der Waals surface area contributed by atoms with Gasteiger partial charge >= 0.3 is 6.08 Å². The molecule has 0 radical (unpaired) electrons.